The summed E-state index contributed by atoms with van der Waals surface area (Å²) in [6, 6.07) is 23.6. The summed E-state index contributed by atoms with van der Waals surface area (Å²) in [5.41, 5.74) is 6.97. The van der Waals surface area contributed by atoms with Gasteiger partial charge in [0.2, 0.25) is 0 Å². The molecule has 0 fully saturated rings. The van der Waals surface area contributed by atoms with Gasteiger partial charge in [0.1, 0.15) is 11.5 Å². The summed E-state index contributed by atoms with van der Waals surface area (Å²) in [6.45, 7) is 9.21. The third kappa shape index (κ3) is 11.4. The van der Waals surface area contributed by atoms with Crippen LogP contribution in [-0.2, 0) is 28.8 Å². The van der Waals surface area contributed by atoms with Gasteiger partial charge in [0.25, 0.3) is 0 Å². The van der Waals surface area contributed by atoms with Crippen LogP contribution < -0.4 is 9.47 Å². The fourth-order valence-corrected chi connectivity index (χ4v) is 4.64. The fourth-order valence-electron chi connectivity index (χ4n) is 4.64. The first-order valence-electron chi connectivity index (χ1n) is 15.0. The Hall–Kier alpha value is -3.57. The van der Waals surface area contributed by atoms with E-state index in [9.17, 15) is 4.79 Å². The van der Waals surface area contributed by atoms with E-state index in [0.29, 0.717) is 31.8 Å². The summed E-state index contributed by atoms with van der Waals surface area (Å²) in [5, 5.41) is 8.85. The van der Waals surface area contributed by atoms with Crippen molar-refractivity contribution in [2.75, 3.05) is 26.4 Å². The maximum absolute atomic E-state index is 11.4. The minimum atomic E-state index is -0.359. The van der Waals surface area contributed by atoms with Crippen LogP contribution in [0, 0.1) is 0 Å². The molecule has 41 heavy (non-hydrogen) atoms. The molecule has 3 aromatic rings. The highest BCUT2D eigenvalue weighted by molar-refractivity contribution is 5.86. The lowest BCUT2D eigenvalue weighted by atomic mass is 9.94. The van der Waals surface area contributed by atoms with Crippen LogP contribution in [0.2, 0.25) is 0 Å². The number of rotatable bonds is 19. The van der Waals surface area contributed by atoms with Gasteiger partial charge >= 0.3 is 5.97 Å². The molecule has 3 rings (SSSR count). The van der Waals surface area contributed by atoms with Crippen molar-refractivity contribution in [1.29, 1.82) is 0 Å². The molecule has 1 N–H and O–H groups in total. The van der Waals surface area contributed by atoms with Gasteiger partial charge in [0, 0.05) is 18.6 Å². The molecule has 5 nitrogen and oxygen atoms in total. The number of aliphatic hydroxyl groups excluding tert-OH is 1. The number of esters is 1. The molecular formula is C36H46O5. The first kappa shape index (κ1) is 32.0. The normalized spacial score (nSPS) is 10.8. The highest BCUT2D eigenvalue weighted by Gasteiger charge is 2.07. The Bertz CT molecular complexity index is 1200. The van der Waals surface area contributed by atoms with Crippen LogP contribution in [0.4, 0.5) is 0 Å². The minimum absolute atomic E-state index is 0.256. The SMILES string of the molecule is C=C(C)C(=O)OCCCOc1ccc(-c2ccc(CCCCc3ccc(OCCCCCO)cc3)cc2CC)cc1. The zero-order chi connectivity index (χ0) is 29.3. The number of carbonyl (C=O) groups is 1. The standard InChI is InChI=1S/C36H46O5/c1-4-31-27-30(12-7-6-11-29-13-18-33(19-14-29)39-24-9-5-8-23-37)15-22-35(31)32-16-20-34(21-17-32)40-25-10-26-41-36(38)28(2)3/h13-22,27,37H,2,4-12,23-26H2,1,3H3. The average molecular weight is 559 g/mol. The molecule has 0 spiro atoms. The van der Waals surface area contributed by atoms with Gasteiger partial charge in [-0.25, -0.2) is 4.79 Å². The van der Waals surface area contributed by atoms with Gasteiger partial charge in [0.05, 0.1) is 19.8 Å². The third-order valence-corrected chi connectivity index (χ3v) is 7.03. The summed E-state index contributed by atoms with van der Waals surface area (Å²) in [6.07, 6.45) is 8.91. The molecule has 0 amide bonds. The summed E-state index contributed by atoms with van der Waals surface area (Å²) >= 11 is 0. The first-order chi connectivity index (χ1) is 20.0. The van der Waals surface area contributed by atoms with Crippen LogP contribution in [0.25, 0.3) is 11.1 Å². The third-order valence-electron chi connectivity index (χ3n) is 7.03. The van der Waals surface area contributed by atoms with Crippen molar-refractivity contribution in [1.82, 2.24) is 0 Å². The zero-order valence-corrected chi connectivity index (χ0v) is 24.8. The number of aryl methyl sites for hydroxylation is 3. The molecule has 0 aromatic heterocycles. The molecule has 0 aliphatic carbocycles. The topological polar surface area (TPSA) is 65.0 Å². The summed E-state index contributed by atoms with van der Waals surface area (Å²) in [5.74, 6) is 1.37. The van der Waals surface area contributed by atoms with Crippen molar-refractivity contribution in [3.05, 3.63) is 95.6 Å². The van der Waals surface area contributed by atoms with Crippen LogP contribution in [0.3, 0.4) is 0 Å². The van der Waals surface area contributed by atoms with Gasteiger partial charge in [-0.2, -0.15) is 0 Å². The Morgan fingerprint density at radius 3 is 1.98 bits per heavy atom. The highest BCUT2D eigenvalue weighted by Crippen LogP contribution is 2.28. The lowest BCUT2D eigenvalue weighted by Crippen LogP contribution is -2.09. The van der Waals surface area contributed by atoms with Crippen LogP contribution in [0.15, 0.2) is 78.9 Å². The van der Waals surface area contributed by atoms with Crippen molar-refractivity contribution < 1.29 is 24.1 Å². The Kier molecular flexibility index (Phi) is 14.0. The van der Waals surface area contributed by atoms with E-state index in [1.165, 1.54) is 27.8 Å². The quantitative estimate of drug-likeness (QED) is 0.0920. The number of hydrogen-bond donors (Lipinski definition) is 1. The van der Waals surface area contributed by atoms with Gasteiger partial charge in [-0.1, -0.05) is 56.0 Å². The summed E-state index contributed by atoms with van der Waals surface area (Å²) < 4.78 is 16.7. The minimum Gasteiger partial charge on any atom is -0.494 e. The van der Waals surface area contributed by atoms with Gasteiger partial charge < -0.3 is 19.3 Å². The molecule has 5 heteroatoms. The van der Waals surface area contributed by atoms with Crippen LogP contribution in [0.1, 0.15) is 69.1 Å². The molecule has 220 valence electrons. The van der Waals surface area contributed by atoms with E-state index in [4.69, 9.17) is 19.3 Å². The smallest absolute Gasteiger partial charge is 0.333 e. The van der Waals surface area contributed by atoms with Crippen LogP contribution >= 0.6 is 0 Å². The number of ether oxygens (including phenoxy) is 3. The maximum atomic E-state index is 11.4. The molecule has 3 aromatic carbocycles. The number of aliphatic hydroxyl groups is 1. The van der Waals surface area contributed by atoms with Gasteiger partial charge in [-0.3, -0.25) is 0 Å². The summed E-state index contributed by atoms with van der Waals surface area (Å²) in [7, 11) is 0. The molecule has 0 heterocycles. The molecular weight excluding hydrogens is 512 g/mol. The molecule has 0 aliphatic rings. The van der Waals surface area contributed by atoms with E-state index in [1.54, 1.807) is 6.92 Å². The largest absolute Gasteiger partial charge is 0.494 e. The molecule has 0 saturated heterocycles. The molecule has 0 saturated carbocycles. The molecule has 0 radical (unpaired) electrons. The number of benzene rings is 3. The lowest BCUT2D eigenvalue weighted by molar-refractivity contribution is -0.139. The van der Waals surface area contributed by atoms with E-state index < -0.39 is 0 Å². The second-order valence-corrected chi connectivity index (χ2v) is 10.5. The lowest BCUT2D eigenvalue weighted by Gasteiger charge is -2.12. The monoisotopic (exact) mass is 558 g/mol. The maximum Gasteiger partial charge on any atom is 0.333 e. The van der Waals surface area contributed by atoms with Crippen molar-refractivity contribution in [2.24, 2.45) is 0 Å². The number of hydrogen-bond acceptors (Lipinski definition) is 5. The van der Waals surface area contributed by atoms with Crippen molar-refractivity contribution in [3.63, 3.8) is 0 Å². The molecule has 0 unspecified atom stereocenters. The molecule has 0 bridgehead atoms. The van der Waals surface area contributed by atoms with Crippen LogP contribution in [-0.4, -0.2) is 37.5 Å². The van der Waals surface area contributed by atoms with Gasteiger partial charge in [-0.15, -0.1) is 0 Å². The number of unbranched alkanes of at least 4 members (excludes halogenated alkanes) is 3. The van der Waals surface area contributed by atoms with Crippen molar-refractivity contribution >= 4 is 5.97 Å². The second kappa shape index (κ2) is 18.0. The molecule has 0 aliphatic heterocycles. The molecule has 0 atom stereocenters. The van der Waals surface area contributed by atoms with Crippen molar-refractivity contribution in [2.45, 2.75) is 71.6 Å². The van der Waals surface area contributed by atoms with Crippen LogP contribution in [0.5, 0.6) is 11.5 Å². The van der Waals surface area contributed by atoms with Gasteiger partial charge in [0.15, 0.2) is 0 Å². The Balaban J connectivity index is 1.41. The highest BCUT2D eigenvalue weighted by atomic mass is 16.5. The van der Waals surface area contributed by atoms with E-state index in [0.717, 1.165) is 62.9 Å². The zero-order valence-electron chi connectivity index (χ0n) is 24.8. The van der Waals surface area contributed by atoms with E-state index in [1.807, 2.05) is 12.1 Å². The Morgan fingerprint density at radius 2 is 1.34 bits per heavy atom. The predicted molar refractivity (Wildman–Crippen MR) is 167 cm³/mol. The van der Waals surface area contributed by atoms with Crippen molar-refractivity contribution in [3.8, 4) is 22.6 Å². The Labute approximate surface area is 246 Å². The fraction of sp³-hybridized carbons (Fsp3) is 0.417. The van der Waals surface area contributed by atoms with E-state index >= 15 is 0 Å². The average Bonchev–Trinajstić information content (AvgIpc) is 2.99. The second-order valence-electron chi connectivity index (χ2n) is 10.5. The Morgan fingerprint density at radius 1 is 0.732 bits per heavy atom. The number of carbonyl (C=O) groups excluding carboxylic acids is 1. The summed E-state index contributed by atoms with van der Waals surface area (Å²) in [4.78, 5) is 11.4. The first-order valence-corrected chi connectivity index (χ1v) is 15.0. The predicted octanol–water partition coefficient (Wildman–Crippen LogP) is 7.91. The van der Waals surface area contributed by atoms with E-state index in [2.05, 4.69) is 68.1 Å². The van der Waals surface area contributed by atoms with E-state index in [-0.39, 0.29) is 12.6 Å². The van der Waals surface area contributed by atoms with Gasteiger partial charge in [-0.05, 0) is 110 Å².